The first-order valence-electron chi connectivity index (χ1n) is 5.68. The van der Waals surface area contributed by atoms with Crippen LogP contribution in [-0.2, 0) is 6.54 Å². The summed E-state index contributed by atoms with van der Waals surface area (Å²) in [5, 5.41) is 7.23. The van der Waals surface area contributed by atoms with Crippen molar-refractivity contribution < 1.29 is 0 Å². The first kappa shape index (κ1) is 13.3. The number of nitrogens with zero attached hydrogens (tertiary/aromatic N) is 2. The molecule has 0 aliphatic heterocycles. The summed E-state index contributed by atoms with van der Waals surface area (Å²) in [5.74, 6) is 0.983. The minimum atomic E-state index is -0.124. The lowest BCUT2D eigenvalue weighted by Gasteiger charge is -2.04. The summed E-state index contributed by atoms with van der Waals surface area (Å²) >= 11 is 1.62. The molecule has 6 heteroatoms. The van der Waals surface area contributed by atoms with Gasteiger partial charge in [-0.3, -0.25) is 4.57 Å². The fourth-order valence-corrected chi connectivity index (χ4v) is 2.43. The van der Waals surface area contributed by atoms with E-state index in [0.717, 1.165) is 30.2 Å². The molecular formula is C10H20N4OS. The summed E-state index contributed by atoms with van der Waals surface area (Å²) in [6.07, 6.45) is 3.30. The minimum Gasteiger partial charge on any atom is -0.328 e. The van der Waals surface area contributed by atoms with Crippen LogP contribution in [0.5, 0.6) is 0 Å². The molecule has 0 saturated heterocycles. The topological polar surface area (TPSA) is 76.7 Å². The molecule has 3 N–H and O–H groups in total. The lowest BCUT2D eigenvalue weighted by molar-refractivity contribution is 0.617. The van der Waals surface area contributed by atoms with E-state index in [0.29, 0.717) is 6.54 Å². The van der Waals surface area contributed by atoms with Gasteiger partial charge in [-0.25, -0.2) is 9.89 Å². The number of rotatable bonds is 7. The third-order valence-corrected chi connectivity index (χ3v) is 3.39. The summed E-state index contributed by atoms with van der Waals surface area (Å²) in [7, 11) is 0. The Morgan fingerprint density at radius 2 is 2.31 bits per heavy atom. The number of thioether (sulfide) groups is 1. The molecule has 0 aromatic carbocycles. The molecule has 1 aromatic rings. The van der Waals surface area contributed by atoms with E-state index in [9.17, 15) is 4.79 Å². The second-order valence-corrected chi connectivity index (χ2v) is 4.94. The predicted molar refractivity (Wildman–Crippen MR) is 66.7 cm³/mol. The molecule has 0 bridgehead atoms. The lowest BCUT2D eigenvalue weighted by atomic mass is 10.2. The monoisotopic (exact) mass is 244 g/mol. The van der Waals surface area contributed by atoms with E-state index >= 15 is 0 Å². The van der Waals surface area contributed by atoms with Gasteiger partial charge >= 0.3 is 5.69 Å². The third kappa shape index (κ3) is 4.02. The van der Waals surface area contributed by atoms with Gasteiger partial charge in [0, 0.05) is 18.3 Å². The number of H-pyrrole nitrogens is 1. The average Bonchev–Trinajstić information content (AvgIpc) is 2.58. The zero-order valence-electron chi connectivity index (χ0n) is 9.90. The number of nitrogens with two attached hydrogens (primary N) is 1. The second-order valence-electron chi connectivity index (χ2n) is 3.88. The van der Waals surface area contributed by atoms with Crippen molar-refractivity contribution in [3.8, 4) is 0 Å². The molecule has 1 rings (SSSR count). The Hall–Kier alpha value is -0.750. The highest BCUT2D eigenvalue weighted by molar-refractivity contribution is 7.99. The van der Waals surface area contributed by atoms with Gasteiger partial charge < -0.3 is 5.73 Å². The van der Waals surface area contributed by atoms with Crippen LogP contribution in [0.3, 0.4) is 0 Å². The summed E-state index contributed by atoms with van der Waals surface area (Å²) < 4.78 is 1.65. The molecule has 1 aromatic heterocycles. The van der Waals surface area contributed by atoms with Crippen molar-refractivity contribution in [2.45, 2.75) is 50.9 Å². The van der Waals surface area contributed by atoms with Crippen LogP contribution in [0.2, 0.25) is 0 Å². The zero-order chi connectivity index (χ0) is 12.0. The quantitative estimate of drug-likeness (QED) is 0.558. The van der Waals surface area contributed by atoms with Crippen LogP contribution in [0, 0.1) is 0 Å². The van der Waals surface area contributed by atoms with Crippen molar-refractivity contribution in [3.05, 3.63) is 10.5 Å². The predicted octanol–water partition coefficient (Wildman–Crippen LogP) is 1.20. The van der Waals surface area contributed by atoms with Crippen LogP contribution in [0.15, 0.2) is 9.95 Å². The first-order valence-corrected chi connectivity index (χ1v) is 6.67. The van der Waals surface area contributed by atoms with Gasteiger partial charge in [0.25, 0.3) is 0 Å². The molecular weight excluding hydrogens is 224 g/mol. The first-order chi connectivity index (χ1) is 7.65. The van der Waals surface area contributed by atoms with Crippen molar-refractivity contribution >= 4 is 11.8 Å². The lowest BCUT2D eigenvalue weighted by Crippen LogP contribution is -2.16. The number of aromatic amines is 1. The average molecular weight is 244 g/mol. The Balaban J connectivity index is 2.29. The third-order valence-electron chi connectivity index (χ3n) is 2.32. The fourth-order valence-electron chi connectivity index (χ4n) is 1.42. The fraction of sp³-hybridized carbons (Fsp3) is 0.800. The van der Waals surface area contributed by atoms with Gasteiger partial charge in [-0.2, -0.15) is 0 Å². The van der Waals surface area contributed by atoms with E-state index in [1.165, 1.54) is 0 Å². The highest BCUT2D eigenvalue weighted by Crippen LogP contribution is 2.15. The van der Waals surface area contributed by atoms with E-state index in [4.69, 9.17) is 5.73 Å². The number of unbranched alkanes of at least 4 members (excludes halogenated alkanes) is 1. The van der Waals surface area contributed by atoms with Crippen LogP contribution in [-0.4, -0.2) is 26.6 Å². The maximum absolute atomic E-state index is 11.3. The summed E-state index contributed by atoms with van der Waals surface area (Å²) in [4.78, 5) is 11.3. The SMILES string of the molecule is CCn1c(SCCCCC(C)N)n[nH]c1=O. The van der Waals surface area contributed by atoms with Crippen LogP contribution in [0.4, 0.5) is 0 Å². The van der Waals surface area contributed by atoms with Gasteiger partial charge in [-0.05, 0) is 26.7 Å². The van der Waals surface area contributed by atoms with Crippen molar-refractivity contribution in [2.75, 3.05) is 5.75 Å². The zero-order valence-corrected chi connectivity index (χ0v) is 10.7. The van der Waals surface area contributed by atoms with Gasteiger partial charge in [0.15, 0.2) is 5.16 Å². The van der Waals surface area contributed by atoms with Gasteiger partial charge in [0.1, 0.15) is 0 Å². The van der Waals surface area contributed by atoms with Crippen LogP contribution < -0.4 is 11.4 Å². The molecule has 1 unspecified atom stereocenters. The maximum Gasteiger partial charge on any atom is 0.343 e. The van der Waals surface area contributed by atoms with E-state index in [2.05, 4.69) is 10.2 Å². The summed E-state index contributed by atoms with van der Waals surface area (Å²) in [5.41, 5.74) is 5.54. The maximum atomic E-state index is 11.3. The van der Waals surface area contributed by atoms with Crippen molar-refractivity contribution in [2.24, 2.45) is 5.73 Å². The molecule has 0 aliphatic carbocycles. The van der Waals surface area contributed by atoms with Crippen LogP contribution in [0.25, 0.3) is 0 Å². The molecule has 1 atom stereocenters. The van der Waals surface area contributed by atoms with E-state index < -0.39 is 0 Å². The highest BCUT2D eigenvalue weighted by atomic mass is 32.2. The molecule has 1 heterocycles. The molecule has 0 amide bonds. The van der Waals surface area contributed by atoms with Crippen LogP contribution >= 0.6 is 11.8 Å². The Kier molecular flexibility index (Phi) is 5.62. The number of hydrogen-bond donors (Lipinski definition) is 2. The standard InChI is InChI=1S/C10H20N4OS/c1-3-14-9(15)12-13-10(14)16-7-5-4-6-8(2)11/h8H,3-7,11H2,1-2H3,(H,12,15). The molecule has 0 fully saturated rings. The highest BCUT2D eigenvalue weighted by Gasteiger charge is 2.06. The van der Waals surface area contributed by atoms with Gasteiger partial charge in [0.05, 0.1) is 0 Å². The van der Waals surface area contributed by atoms with Crippen LogP contribution in [0.1, 0.15) is 33.1 Å². The molecule has 0 radical (unpaired) electrons. The Morgan fingerprint density at radius 1 is 1.56 bits per heavy atom. The molecule has 0 spiro atoms. The number of nitrogens with one attached hydrogen (secondary N) is 1. The Morgan fingerprint density at radius 3 is 2.94 bits per heavy atom. The molecule has 92 valence electrons. The normalized spacial score (nSPS) is 12.9. The molecule has 5 nitrogen and oxygen atoms in total. The van der Waals surface area contributed by atoms with Crippen molar-refractivity contribution in [1.29, 1.82) is 0 Å². The summed E-state index contributed by atoms with van der Waals surface area (Å²) in [6.45, 7) is 4.63. The van der Waals surface area contributed by atoms with Gasteiger partial charge in [0.2, 0.25) is 0 Å². The van der Waals surface area contributed by atoms with Gasteiger partial charge in [-0.15, -0.1) is 5.10 Å². The minimum absolute atomic E-state index is 0.124. The largest absolute Gasteiger partial charge is 0.343 e. The van der Waals surface area contributed by atoms with Crippen molar-refractivity contribution in [3.63, 3.8) is 0 Å². The molecule has 0 saturated carbocycles. The smallest absolute Gasteiger partial charge is 0.328 e. The van der Waals surface area contributed by atoms with E-state index in [1.54, 1.807) is 16.3 Å². The number of hydrogen-bond acceptors (Lipinski definition) is 4. The Labute approximate surface area is 99.8 Å². The van der Waals surface area contributed by atoms with E-state index in [1.807, 2.05) is 13.8 Å². The second kappa shape index (κ2) is 6.75. The van der Waals surface area contributed by atoms with Crippen molar-refractivity contribution in [1.82, 2.24) is 14.8 Å². The number of aromatic nitrogens is 3. The molecule has 16 heavy (non-hydrogen) atoms. The Bertz CT molecular complexity index is 358. The van der Waals surface area contributed by atoms with Gasteiger partial charge in [-0.1, -0.05) is 18.2 Å². The van der Waals surface area contributed by atoms with E-state index in [-0.39, 0.29) is 11.7 Å². The summed E-state index contributed by atoms with van der Waals surface area (Å²) in [6, 6.07) is 0.282. The molecule has 0 aliphatic rings.